The molecule has 0 fully saturated rings. The van der Waals surface area contributed by atoms with Crippen LogP contribution in [-0.2, 0) is 10.0 Å². The Morgan fingerprint density at radius 3 is 2.40 bits per heavy atom. The number of benzene rings is 1. The van der Waals surface area contributed by atoms with E-state index in [1.807, 2.05) is 13.8 Å². The zero-order chi connectivity index (χ0) is 29.8. The zero-order valence-electron chi connectivity index (χ0n) is 21.4. The first-order valence-electron chi connectivity index (χ1n) is 11.7. The van der Waals surface area contributed by atoms with E-state index in [2.05, 4.69) is 9.97 Å². The highest BCUT2D eigenvalue weighted by Crippen LogP contribution is 2.33. The lowest BCUT2D eigenvalue weighted by molar-refractivity contribution is -0.179. The number of aromatic nitrogens is 2. The van der Waals surface area contributed by atoms with E-state index in [4.69, 9.17) is 15.2 Å². The molecule has 0 aliphatic heterocycles. The van der Waals surface area contributed by atoms with E-state index >= 15 is 0 Å². The molecule has 216 valence electrons. The lowest BCUT2D eigenvalue weighted by Gasteiger charge is -2.24. The maximum Gasteiger partial charge on any atom is 0.343 e. The summed E-state index contributed by atoms with van der Waals surface area (Å²) in [5.74, 6) is -7.65. The molecule has 0 aliphatic carbocycles. The number of nitrogens with zero attached hydrogens (tertiary/aromatic N) is 2. The van der Waals surface area contributed by atoms with Crippen molar-refractivity contribution in [3.05, 3.63) is 59.9 Å². The first kappa shape index (κ1) is 30.5. The van der Waals surface area contributed by atoms with E-state index < -0.39 is 56.7 Å². The van der Waals surface area contributed by atoms with Gasteiger partial charge in [0.2, 0.25) is 5.88 Å². The Kier molecular flexibility index (Phi) is 9.18. The molecule has 2 heterocycles. The molecule has 9 nitrogen and oxygen atoms in total. The van der Waals surface area contributed by atoms with Crippen molar-refractivity contribution in [2.24, 2.45) is 5.92 Å². The van der Waals surface area contributed by atoms with Crippen LogP contribution in [-0.4, -0.2) is 49.4 Å². The van der Waals surface area contributed by atoms with E-state index in [1.165, 1.54) is 18.2 Å². The van der Waals surface area contributed by atoms with Crippen LogP contribution in [0, 0.1) is 11.7 Å². The molecule has 0 saturated carbocycles. The molecule has 1 aromatic carbocycles. The second-order valence-corrected chi connectivity index (χ2v) is 10.6. The summed E-state index contributed by atoms with van der Waals surface area (Å²) in [4.78, 5) is 20.5. The van der Waals surface area contributed by atoms with E-state index in [1.54, 1.807) is 4.72 Å². The number of sulfonamides is 1. The van der Waals surface area contributed by atoms with Crippen molar-refractivity contribution in [2.45, 2.75) is 44.2 Å². The Morgan fingerprint density at radius 2 is 1.77 bits per heavy atom. The van der Waals surface area contributed by atoms with E-state index in [0.29, 0.717) is 6.92 Å². The minimum Gasteiger partial charge on any atom is -0.493 e. The largest absolute Gasteiger partial charge is 0.493 e. The summed E-state index contributed by atoms with van der Waals surface area (Å²) < 4.78 is 106. The fourth-order valence-electron chi connectivity index (χ4n) is 3.15. The quantitative estimate of drug-likeness (QED) is 0.309. The van der Waals surface area contributed by atoms with Gasteiger partial charge in [-0.1, -0.05) is 19.9 Å². The number of alkyl halides is 4. The Bertz CT molecular complexity index is 1490. The van der Waals surface area contributed by atoms with Crippen LogP contribution < -0.4 is 19.9 Å². The third-order valence-electron chi connectivity index (χ3n) is 5.22. The third-order valence-corrected chi connectivity index (χ3v) is 6.46. The predicted molar refractivity (Wildman–Crippen MR) is 134 cm³/mol. The fourth-order valence-corrected chi connectivity index (χ4v) is 4.10. The van der Waals surface area contributed by atoms with Crippen molar-refractivity contribution in [1.29, 1.82) is 0 Å². The number of ether oxygens (including phenoxy) is 2. The number of amides is 1. The van der Waals surface area contributed by atoms with Gasteiger partial charge in [0.15, 0.2) is 11.1 Å². The number of hydrogen-bond donors (Lipinski definition) is 2. The maximum absolute atomic E-state index is 14.3. The van der Waals surface area contributed by atoms with Crippen LogP contribution in [0.1, 0.15) is 31.1 Å². The summed E-state index contributed by atoms with van der Waals surface area (Å²) in [5.41, 5.74) is 4.74. The van der Waals surface area contributed by atoms with E-state index in [-0.39, 0.29) is 35.3 Å². The average molecular weight is 589 g/mol. The molecule has 2 aromatic heterocycles. The molecule has 3 aromatic rings. The maximum atomic E-state index is 14.3. The Hall–Kier alpha value is -4.01. The Morgan fingerprint density at radius 1 is 1.07 bits per heavy atom. The number of rotatable bonds is 11. The van der Waals surface area contributed by atoms with Gasteiger partial charge in [0, 0.05) is 11.6 Å². The average Bonchev–Trinajstić information content (AvgIpc) is 2.86. The topological polar surface area (TPSA) is 134 Å². The molecule has 0 spiro atoms. The van der Waals surface area contributed by atoms with Gasteiger partial charge in [0.25, 0.3) is 15.9 Å². The number of nitrogen functional groups attached to an aromatic ring is 1. The number of carbonyl (C=O) groups excluding carboxylic acids is 1. The number of halogens is 5. The highest BCUT2D eigenvalue weighted by atomic mass is 32.2. The summed E-state index contributed by atoms with van der Waals surface area (Å²) in [6.07, 6.45) is -6.63. The summed E-state index contributed by atoms with van der Waals surface area (Å²) in [6, 6.07) is 9.23. The standard InChI is InChI=1S/C25H25F5N4O5S/c1-13(2)12-38-17-10-15(9-16(26)11-17)19-8-7-18(23(32-19)39-14(3)25(29,30)24(27)28)22(35)34-40(36,37)21-6-4-5-20(31)33-21/h4-11,13-14,24H,12H2,1-3H3,(H2,31,33)(H,34,35). The van der Waals surface area contributed by atoms with Gasteiger partial charge in [-0.3, -0.25) is 4.79 Å². The van der Waals surface area contributed by atoms with Crippen LogP contribution in [0.15, 0.2) is 53.6 Å². The monoisotopic (exact) mass is 588 g/mol. The van der Waals surface area contributed by atoms with Crippen LogP contribution in [0.4, 0.5) is 27.8 Å². The summed E-state index contributed by atoms with van der Waals surface area (Å²) in [6.45, 7) is 4.61. The molecular weight excluding hydrogens is 563 g/mol. The third kappa shape index (κ3) is 7.34. The molecule has 0 aliphatic rings. The van der Waals surface area contributed by atoms with Gasteiger partial charge in [-0.05, 0) is 49.2 Å². The fraction of sp³-hybridized carbons (Fsp3) is 0.320. The smallest absolute Gasteiger partial charge is 0.343 e. The molecule has 0 radical (unpaired) electrons. The van der Waals surface area contributed by atoms with Crippen molar-refractivity contribution >= 4 is 21.7 Å². The number of anilines is 1. The van der Waals surface area contributed by atoms with E-state index in [0.717, 1.165) is 30.3 Å². The lowest BCUT2D eigenvalue weighted by Crippen LogP contribution is -2.42. The van der Waals surface area contributed by atoms with Crippen molar-refractivity contribution in [3.63, 3.8) is 0 Å². The summed E-state index contributed by atoms with van der Waals surface area (Å²) >= 11 is 0. The van der Waals surface area contributed by atoms with Crippen molar-refractivity contribution in [1.82, 2.24) is 14.7 Å². The highest BCUT2D eigenvalue weighted by Gasteiger charge is 2.48. The minimum absolute atomic E-state index is 0.0698. The lowest BCUT2D eigenvalue weighted by atomic mass is 10.1. The molecule has 1 amide bonds. The summed E-state index contributed by atoms with van der Waals surface area (Å²) in [5, 5.41) is -0.626. The van der Waals surface area contributed by atoms with Crippen LogP contribution in [0.5, 0.6) is 11.6 Å². The Labute approximate surface area is 226 Å². The SMILES string of the molecule is CC(C)COc1cc(F)cc(-c2ccc(C(=O)NS(=O)(=O)c3cccc(N)n3)c(OC(C)C(F)(F)C(F)F)n2)c1. The minimum atomic E-state index is -4.67. The molecule has 15 heteroatoms. The normalized spacial score (nSPS) is 12.8. The number of hydrogen-bond acceptors (Lipinski definition) is 8. The van der Waals surface area contributed by atoms with Gasteiger partial charge >= 0.3 is 12.3 Å². The second-order valence-electron chi connectivity index (χ2n) is 9.00. The molecule has 40 heavy (non-hydrogen) atoms. The van der Waals surface area contributed by atoms with Crippen LogP contribution in [0.3, 0.4) is 0 Å². The van der Waals surface area contributed by atoms with Crippen molar-refractivity contribution < 1.29 is 44.6 Å². The number of nitrogens with one attached hydrogen (secondary N) is 1. The van der Waals surface area contributed by atoms with Crippen LogP contribution in [0.25, 0.3) is 11.3 Å². The predicted octanol–water partition coefficient (Wildman–Crippen LogP) is 4.69. The molecule has 1 unspecified atom stereocenters. The number of pyridine rings is 2. The molecule has 0 bridgehead atoms. The molecule has 3 rings (SSSR count). The first-order valence-corrected chi connectivity index (χ1v) is 13.2. The number of carbonyl (C=O) groups is 1. The van der Waals surface area contributed by atoms with Crippen LogP contribution >= 0.6 is 0 Å². The second kappa shape index (κ2) is 12.0. The van der Waals surface area contributed by atoms with Gasteiger partial charge in [0.05, 0.1) is 12.3 Å². The van der Waals surface area contributed by atoms with Crippen LogP contribution in [0.2, 0.25) is 0 Å². The zero-order valence-corrected chi connectivity index (χ0v) is 22.2. The van der Waals surface area contributed by atoms with Crippen molar-refractivity contribution in [3.8, 4) is 22.9 Å². The summed E-state index contributed by atoms with van der Waals surface area (Å²) in [7, 11) is -4.61. The molecule has 0 saturated heterocycles. The van der Waals surface area contributed by atoms with Gasteiger partial charge in [-0.2, -0.15) is 17.2 Å². The Balaban J connectivity index is 2.05. The molecular formula is C25H25F5N4O5S. The van der Waals surface area contributed by atoms with Gasteiger partial charge in [-0.25, -0.2) is 27.9 Å². The molecule has 3 N–H and O–H groups in total. The van der Waals surface area contributed by atoms with Gasteiger partial charge < -0.3 is 15.2 Å². The molecule has 1 atom stereocenters. The first-order chi connectivity index (χ1) is 18.6. The highest BCUT2D eigenvalue weighted by molar-refractivity contribution is 7.90. The van der Waals surface area contributed by atoms with Gasteiger partial charge in [-0.15, -0.1) is 0 Å². The van der Waals surface area contributed by atoms with Crippen molar-refractivity contribution in [2.75, 3.05) is 12.3 Å². The number of nitrogens with two attached hydrogens (primary N) is 1. The van der Waals surface area contributed by atoms with E-state index in [9.17, 15) is 35.2 Å². The van der Waals surface area contributed by atoms with Gasteiger partial charge in [0.1, 0.15) is 22.9 Å².